The molecule has 0 spiro atoms. The first kappa shape index (κ1) is 29.7. The van der Waals surface area contributed by atoms with Crippen LogP contribution in [0, 0.1) is 13.8 Å². The topological polar surface area (TPSA) is 117 Å². The fraction of sp³-hybridized carbons (Fsp3) is 0.161. The number of para-hydroxylation sites is 2. The summed E-state index contributed by atoms with van der Waals surface area (Å²) in [6.07, 6.45) is 3.24. The van der Waals surface area contributed by atoms with Crippen LogP contribution < -0.4 is 9.44 Å². The summed E-state index contributed by atoms with van der Waals surface area (Å²) < 4.78 is 56.7. The van der Waals surface area contributed by atoms with Gasteiger partial charge in [-0.05, 0) is 57.2 Å². The van der Waals surface area contributed by atoms with E-state index in [9.17, 15) is 16.8 Å². The largest absolute Gasteiger partial charge is 0.290 e. The summed E-state index contributed by atoms with van der Waals surface area (Å²) in [5.74, 6) is 0. The van der Waals surface area contributed by atoms with E-state index in [0.29, 0.717) is 29.0 Å². The van der Waals surface area contributed by atoms with Gasteiger partial charge in [-0.2, -0.15) is 0 Å². The summed E-state index contributed by atoms with van der Waals surface area (Å²) in [5, 5.41) is 0. The molecule has 0 aliphatic rings. The Bertz CT molecular complexity index is 1770. The number of hydrogen-bond donors (Lipinski definition) is 2. The van der Waals surface area contributed by atoms with E-state index >= 15 is 0 Å². The van der Waals surface area contributed by atoms with Gasteiger partial charge in [0.25, 0.3) is 20.0 Å². The molecule has 0 aromatic heterocycles. The third kappa shape index (κ3) is 8.12. The summed E-state index contributed by atoms with van der Waals surface area (Å²) >= 11 is 0. The Morgan fingerprint density at radius 1 is 0.634 bits per heavy atom. The Morgan fingerprint density at radius 3 is 1.51 bits per heavy atom. The third-order valence-electron chi connectivity index (χ3n) is 6.14. The van der Waals surface area contributed by atoms with E-state index in [1.165, 1.54) is 0 Å². The van der Waals surface area contributed by atoms with Crippen molar-refractivity contribution in [1.29, 1.82) is 0 Å². The zero-order valence-corrected chi connectivity index (χ0v) is 24.7. The molecule has 10 heteroatoms. The first-order chi connectivity index (χ1) is 19.5. The molecule has 0 saturated carbocycles. The molecule has 0 aliphatic carbocycles. The SMILES string of the molecule is Cc1ccc(S(=O)(=O)Nc2ccccc2C=NC[C@@H](C)N=Cc2ccccc2NS(=O)(=O)c2ccc(C)cc2)cc1. The van der Waals surface area contributed by atoms with Crippen molar-refractivity contribution in [2.24, 2.45) is 9.98 Å². The van der Waals surface area contributed by atoms with Crippen LogP contribution in [-0.2, 0) is 20.0 Å². The maximum Gasteiger partial charge on any atom is 0.261 e. The van der Waals surface area contributed by atoms with E-state index < -0.39 is 20.0 Å². The van der Waals surface area contributed by atoms with E-state index in [-0.39, 0.29) is 15.8 Å². The fourth-order valence-corrected chi connectivity index (χ4v) is 5.98. The average molecular weight is 589 g/mol. The normalized spacial score (nSPS) is 13.0. The first-order valence-electron chi connectivity index (χ1n) is 12.9. The van der Waals surface area contributed by atoms with Crippen LogP contribution in [0.15, 0.2) is 117 Å². The molecule has 0 aliphatic heterocycles. The molecule has 212 valence electrons. The smallest absolute Gasteiger partial charge is 0.261 e. The van der Waals surface area contributed by atoms with Gasteiger partial charge in [0.05, 0.1) is 33.8 Å². The van der Waals surface area contributed by atoms with Crippen molar-refractivity contribution in [2.45, 2.75) is 36.6 Å². The Hall–Kier alpha value is -4.28. The van der Waals surface area contributed by atoms with Crippen LogP contribution in [0.4, 0.5) is 11.4 Å². The Morgan fingerprint density at radius 2 is 1.05 bits per heavy atom. The van der Waals surface area contributed by atoms with Gasteiger partial charge in [0.1, 0.15) is 0 Å². The zero-order chi connectivity index (χ0) is 29.5. The minimum Gasteiger partial charge on any atom is -0.290 e. The second kappa shape index (κ2) is 12.9. The quantitative estimate of drug-likeness (QED) is 0.214. The van der Waals surface area contributed by atoms with Crippen LogP contribution >= 0.6 is 0 Å². The lowest BCUT2D eigenvalue weighted by atomic mass is 10.2. The summed E-state index contributed by atoms with van der Waals surface area (Å²) in [6.45, 7) is 6.02. The highest BCUT2D eigenvalue weighted by Crippen LogP contribution is 2.21. The van der Waals surface area contributed by atoms with Crippen LogP contribution in [0.5, 0.6) is 0 Å². The van der Waals surface area contributed by atoms with Gasteiger partial charge in [0.2, 0.25) is 0 Å². The first-order valence-corrected chi connectivity index (χ1v) is 15.9. The highest BCUT2D eigenvalue weighted by atomic mass is 32.2. The van der Waals surface area contributed by atoms with Crippen molar-refractivity contribution in [3.8, 4) is 0 Å². The molecule has 4 aromatic rings. The average Bonchev–Trinajstić information content (AvgIpc) is 2.93. The summed E-state index contributed by atoms with van der Waals surface area (Å²) in [5.41, 5.74) is 4.02. The fourth-order valence-electron chi connectivity index (χ4n) is 3.81. The molecule has 0 unspecified atom stereocenters. The maximum absolute atomic E-state index is 12.9. The van der Waals surface area contributed by atoms with Crippen molar-refractivity contribution >= 4 is 43.9 Å². The minimum atomic E-state index is -3.76. The molecule has 0 radical (unpaired) electrons. The van der Waals surface area contributed by atoms with Gasteiger partial charge >= 0.3 is 0 Å². The van der Waals surface area contributed by atoms with Gasteiger partial charge in [-0.1, -0.05) is 71.8 Å². The van der Waals surface area contributed by atoms with Crippen molar-refractivity contribution in [3.63, 3.8) is 0 Å². The molecule has 0 heterocycles. The molecule has 2 N–H and O–H groups in total. The van der Waals surface area contributed by atoms with E-state index in [1.807, 2.05) is 26.8 Å². The lowest BCUT2D eigenvalue weighted by Gasteiger charge is -2.11. The van der Waals surface area contributed by atoms with E-state index in [0.717, 1.165) is 11.1 Å². The minimum absolute atomic E-state index is 0.180. The summed E-state index contributed by atoms with van der Waals surface area (Å²) in [7, 11) is -7.51. The van der Waals surface area contributed by atoms with Gasteiger partial charge < -0.3 is 0 Å². The standard InChI is InChI=1S/C31H32N4O4S2/c1-23-12-16-28(17-13-23)40(36,37)34-30-10-6-4-8-26(30)21-32-20-25(3)33-22-27-9-5-7-11-31(27)35-41(38,39)29-18-14-24(2)15-19-29/h4-19,21-22,25,34-35H,20H2,1-3H3/t25-/m1/s1. The number of aliphatic imine (C=N–C) groups is 2. The van der Waals surface area contributed by atoms with Gasteiger partial charge in [-0.15, -0.1) is 0 Å². The predicted molar refractivity (Wildman–Crippen MR) is 166 cm³/mol. The molecule has 0 fully saturated rings. The van der Waals surface area contributed by atoms with Gasteiger partial charge in [0.15, 0.2) is 0 Å². The predicted octanol–water partition coefficient (Wildman–Crippen LogP) is 5.83. The number of aryl methyl sites for hydroxylation is 2. The highest BCUT2D eigenvalue weighted by Gasteiger charge is 2.16. The van der Waals surface area contributed by atoms with Crippen LogP contribution in [0.1, 0.15) is 29.2 Å². The molecule has 0 amide bonds. The zero-order valence-electron chi connectivity index (χ0n) is 23.0. The number of hydrogen-bond acceptors (Lipinski definition) is 6. The highest BCUT2D eigenvalue weighted by molar-refractivity contribution is 7.93. The second-order valence-electron chi connectivity index (χ2n) is 9.63. The third-order valence-corrected chi connectivity index (χ3v) is 8.90. The Kier molecular flexibility index (Phi) is 9.36. The van der Waals surface area contributed by atoms with Gasteiger partial charge in [-0.25, -0.2) is 16.8 Å². The van der Waals surface area contributed by atoms with Crippen molar-refractivity contribution < 1.29 is 16.8 Å². The van der Waals surface area contributed by atoms with Crippen LogP contribution in [0.3, 0.4) is 0 Å². The van der Waals surface area contributed by atoms with E-state index in [1.54, 1.807) is 103 Å². The number of sulfonamides is 2. The molecule has 0 saturated heterocycles. The van der Waals surface area contributed by atoms with Crippen molar-refractivity contribution in [1.82, 2.24) is 0 Å². The van der Waals surface area contributed by atoms with Gasteiger partial charge in [-0.3, -0.25) is 19.4 Å². The maximum atomic E-state index is 12.9. The number of nitrogens with one attached hydrogen (secondary N) is 2. The number of anilines is 2. The molecule has 4 aromatic carbocycles. The van der Waals surface area contributed by atoms with Crippen LogP contribution in [0.2, 0.25) is 0 Å². The molecule has 41 heavy (non-hydrogen) atoms. The number of benzene rings is 4. The van der Waals surface area contributed by atoms with E-state index in [4.69, 9.17) is 0 Å². The second-order valence-corrected chi connectivity index (χ2v) is 13.0. The number of rotatable bonds is 11. The van der Waals surface area contributed by atoms with Crippen LogP contribution in [-0.4, -0.2) is 41.9 Å². The van der Waals surface area contributed by atoms with Gasteiger partial charge in [0, 0.05) is 23.6 Å². The lowest BCUT2D eigenvalue weighted by molar-refractivity contribution is 0.599. The van der Waals surface area contributed by atoms with Crippen LogP contribution in [0.25, 0.3) is 0 Å². The molecule has 0 bridgehead atoms. The summed E-state index contributed by atoms with van der Waals surface area (Å²) in [4.78, 5) is 9.38. The molecule has 8 nitrogen and oxygen atoms in total. The van der Waals surface area contributed by atoms with Crippen molar-refractivity contribution in [2.75, 3.05) is 16.0 Å². The number of nitrogens with zero attached hydrogens (tertiary/aromatic N) is 2. The summed E-state index contributed by atoms with van der Waals surface area (Å²) in [6, 6.07) is 27.1. The Labute approximate surface area is 242 Å². The Balaban J connectivity index is 1.42. The molecular weight excluding hydrogens is 556 g/mol. The molecule has 1 atom stereocenters. The molecular formula is C31H32N4O4S2. The van der Waals surface area contributed by atoms with Crippen molar-refractivity contribution in [3.05, 3.63) is 119 Å². The lowest BCUT2D eigenvalue weighted by Crippen LogP contribution is -2.14. The molecule has 4 rings (SSSR count). The van der Waals surface area contributed by atoms with E-state index in [2.05, 4.69) is 19.4 Å². The monoisotopic (exact) mass is 588 g/mol.